The first kappa shape index (κ1) is 14.6. The molecule has 2 aromatic carbocycles. The summed E-state index contributed by atoms with van der Waals surface area (Å²) in [4.78, 5) is 23.3. The topological polar surface area (TPSA) is 43.4 Å². The number of rotatable bonds is 3. The maximum atomic E-state index is 12.3. The van der Waals surface area contributed by atoms with Crippen molar-refractivity contribution in [2.75, 3.05) is 0 Å². The fraction of sp³-hybridized carbons (Fsp3) is 0.0667. The summed E-state index contributed by atoms with van der Waals surface area (Å²) in [6, 6.07) is 11.0. The molecule has 0 aliphatic rings. The van der Waals surface area contributed by atoms with Crippen molar-refractivity contribution >= 4 is 35.0 Å². The third kappa shape index (κ3) is 3.38. The lowest BCUT2D eigenvalue weighted by molar-refractivity contribution is -0.131. The molecule has 0 aromatic heterocycles. The highest BCUT2D eigenvalue weighted by Gasteiger charge is 2.14. The molecule has 2 aromatic rings. The summed E-state index contributed by atoms with van der Waals surface area (Å²) in [5.74, 6) is -0.395. The van der Waals surface area contributed by atoms with Crippen LogP contribution in [0.4, 0.5) is 0 Å². The molecule has 0 heterocycles. The number of ketones is 1. The van der Waals surface area contributed by atoms with Crippen LogP contribution in [0.3, 0.4) is 0 Å². The van der Waals surface area contributed by atoms with Gasteiger partial charge < -0.3 is 4.74 Å². The summed E-state index contributed by atoms with van der Waals surface area (Å²) < 4.78 is 4.95. The number of carbonyl (C=O) groups is 2. The van der Waals surface area contributed by atoms with Crippen LogP contribution in [0.15, 0.2) is 42.5 Å². The quantitative estimate of drug-likeness (QED) is 0.486. The van der Waals surface area contributed by atoms with E-state index in [4.69, 9.17) is 27.9 Å². The van der Waals surface area contributed by atoms with Crippen LogP contribution in [0.1, 0.15) is 22.8 Å². The predicted octanol–water partition coefficient (Wildman–Crippen LogP) is 4.15. The van der Waals surface area contributed by atoms with Crippen LogP contribution < -0.4 is 4.74 Å². The van der Waals surface area contributed by atoms with Crippen molar-refractivity contribution < 1.29 is 14.3 Å². The third-order valence-corrected chi connectivity index (χ3v) is 3.08. The molecule has 5 heteroatoms. The molecule has 0 N–H and O–H groups in total. The van der Waals surface area contributed by atoms with Gasteiger partial charge in [0, 0.05) is 23.1 Å². The van der Waals surface area contributed by atoms with Gasteiger partial charge in [-0.2, -0.15) is 0 Å². The number of benzene rings is 2. The van der Waals surface area contributed by atoms with E-state index in [1.165, 1.54) is 19.1 Å². The van der Waals surface area contributed by atoms with E-state index in [2.05, 4.69) is 0 Å². The van der Waals surface area contributed by atoms with Gasteiger partial charge in [0.05, 0.1) is 5.02 Å². The third-order valence-electron chi connectivity index (χ3n) is 2.53. The Morgan fingerprint density at radius 2 is 1.80 bits per heavy atom. The predicted molar refractivity (Wildman–Crippen MR) is 77.6 cm³/mol. The van der Waals surface area contributed by atoms with Gasteiger partial charge >= 0.3 is 5.97 Å². The first-order chi connectivity index (χ1) is 9.47. The summed E-state index contributed by atoms with van der Waals surface area (Å²) >= 11 is 11.8. The van der Waals surface area contributed by atoms with Gasteiger partial charge in [-0.05, 0) is 30.3 Å². The molecule has 0 atom stereocenters. The molecular formula is C15H10Cl2O3. The zero-order valence-corrected chi connectivity index (χ0v) is 12.0. The lowest BCUT2D eigenvalue weighted by Gasteiger charge is -2.06. The van der Waals surface area contributed by atoms with E-state index in [9.17, 15) is 9.59 Å². The number of hydrogen-bond acceptors (Lipinski definition) is 3. The Balaban J connectivity index is 2.35. The van der Waals surface area contributed by atoms with Crippen molar-refractivity contribution in [2.24, 2.45) is 0 Å². The van der Waals surface area contributed by atoms with Crippen LogP contribution in [0.5, 0.6) is 5.75 Å². The van der Waals surface area contributed by atoms with Gasteiger partial charge in [0.15, 0.2) is 5.78 Å². The van der Waals surface area contributed by atoms with Gasteiger partial charge in [-0.1, -0.05) is 35.3 Å². The maximum Gasteiger partial charge on any atom is 0.308 e. The second kappa shape index (κ2) is 6.07. The molecule has 20 heavy (non-hydrogen) atoms. The minimum atomic E-state index is -0.445. The van der Waals surface area contributed by atoms with Crippen LogP contribution in [-0.2, 0) is 4.79 Å². The second-order valence-corrected chi connectivity index (χ2v) is 4.92. The number of hydrogen-bond donors (Lipinski definition) is 0. The molecule has 102 valence electrons. The van der Waals surface area contributed by atoms with E-state index < -0.39 is 5.97 Å². The Morgan fingerprint density at radius 3 is 2.45 bits per heavy atom. The lowest BCUT2D eigenvalue weighted by Crippen LogP contribution is -2.05. The number of esters is 1. The van der Waals surface area contributed by atoms with E-state index in [1.54, 1.807) is 30.3 Å². The number of halogens is 2. The van der Waals surface area contributed by atoms with Crippen LogP contribution in [0.2, 0.25) is 10.0 Å². The monoisotopic (exact) mass is 308 g/mol. The van der Waals surface area contributed by atoms with Crippen molar-refractivity contribution in [1.82, 2.24) is 0 Å². The average Bonchev–Trinajstić information content (AvgIpc) is 2.37. The van der Waals surface area contributed by atoms with E-state index in [-0.39, 0.29) is 10.8 Å². The first-order valence-corrected chi connectivity index (χ1v) is 6.51. The molecule has 0 aliphatic heterocycles. The van der Waals surface area contributed by atoms with Gasteiger partial charge in [-0.25, -0.2) is 0 Å². The summed E-state index contributed by atoms with van der Waals surface area (Å²) in [5, 5.41) is 0.737. The van der Waals surface area contributed by atoms with Crippen molar-refractivity contribution in [3.05, 3.63) is 63.6 Å². The van der Waals surface area contributed by atoms with Crippen molar-refractivity contribution in [3.63, 3.8) is 0 Å². The van der Waals surface area contributed by atoms with Gasteiger partial charge in [-0.15, -0.1) is 0 Å². The van der Waals surface area contributed by atoms with Crippen LogP contribution in [0, 0.1) is 0 Å². The highest BCUT2D eigenvalue weighted by Crippen LogP contribution is 2.24. The standard InChI is InChI=1S/C15H10Cl2O3/c1-9(18)20-12-4-2-3-10(7-12)15(19)13-6-5-11(16)8-14(13)17/h2-8H,1H3. The Labute approximate surface area is 126 Å². The largest absolute Gasteiger partial charge is 0.427 e. The number of carbonyl (C=O) groups excluding carboxylic acids is 2. The van der Waals surface area contributed by atoms with Crippen LogP contribution in [0.25, 0.3) is 0 Å². The van der Waals surface area contributed by atoms with E-state index in [0.29, 0.717) is 21.9 Å². The molecule has 2 rings (SSSR count). The zero-order valence-electron chi connectivity index (χ0n) is 10.5. The highest BCUT2D eigenvalue weighted by molar-refractivity contribution is 6.37. The highest BCUT2D eigenvalue weighted by atomic mass is 35.5. The molecule has 0 spiro atoms. The molecular weight excluding hydrogens is 299 g/mol. The van der Waals surface area contributed by atoms with E-state index in [1.807, 2.05) is 0 Å². The van der Waals surface area contributed by atoms with Gasteiger partial charge in [0.2, 0.25) is 0 Å². The lowest BCUT2D eigenvalue weighted by atomic mass is 10.0. The van der Waals surface area contributed by atoms with Crippen LogP contribution in [-0.4, -0.2) is 11.8 Å². The smallest absolute Gasteiger partial charge is 0.308 e. The zero-order chi connectivity index (χ0) is 14.7. The molecule has 0 radical (unpaired) electrons. The molecule has 0 aliphatic carbocycles. The van der Waals surface area contributed by atoms with Crippen molar-refractivity contribution in [2.45, 2.75) is 6.92 Å². The first-order valence-electron chi connectivity index (χ1n) is 5.75. The normalized spacial score (nSPS) is 10.2. The average molecular weight is 309 g/mol. The van der Waals surface area contributed by atoms with Gasteiger partial charge in [0.25, 0.3) is 0 Å². The minimum absolute atomic E-state index is 0.263. The maximum absolute atomic E-state index is 12.3. The molecule has 0 amide bonds. The summed E-state index contributed by atoms with van der Waals surface area (Å²) in [6.45, 7) is 1.30. The summed E-state index contributed by atoms with van der Waals surface area (Å²) in [6.07, 6.45) is 0. The Hall–Kier alpha value is -1.84. The van der Waals surface area contributed by atoms with E-state index in [0.717, 1.165) is 0 Å². The summed E-state index contributed by atoms with van der Waals surface area (Å²) in [7, 11) is 0. The molecule has 0 saturated heterocycles. The van der Waals surface area contributed by atoms with E-state index >= 15 is 0 Å². The SMILES string of the molecule is CC(=O)Oc1cccc(C(=O)c2ccc(Cl)cc2Cl)c1. The molecule has 0 fully saturated rings. The fourth-order valence-corrected chi connectivity index (χ4v) is 2.19. The van der Waals surface area contributed by atoms with Crippen LogP contribution >= 0.6 is 23.2 Å². The number of ether oxygens (including phenoxy) is 1. The van der Waals surface area contributed by atoms with Gasteiger partial charge in [-0.3, -0.25) is 9.59 Å². The van der Waals surface area contributed by atoms with Gasteiger partial charge in [0.1, 0.15) is 5.75 Å². The molecule has 0 unspecified atom stereocenters. The van der Waals surface area contributed by atoms with Crippen molar-refractivity contribution in [3.8, 4) is 5.75 Å². The minimum Gasteiger partial charge on any atom is -0.427 e. The Morgan fingerprint density at radius 1 is 1.05 bits per heavy atom. The molecule has 0 bridgehead atoms. The second-order valence-electron chi connectivity index (χ2n) is 4.07. The fourth-order valence-electron chi connectivity index (χ4n) is 1.70. The Bertz CT molecular complexity index is 681. The summed E-state index contributed by atoms with van der Waals surface area (Å²) in [5.41, 5.74) is 0.726. The molecule has 0 saturated carbocycles. The van der Waals surface area contributed by atoms with Crippen molar-refractivity contribution in [1.29, 1.82) is 0 Å². The molecule has 3 nitrogen and oxygen atoms in total. The Kier molecular flexibility index (Phi) is 4.42.